The van der Waals surface area contributed by atoms with Crippen molar-refractivity contribution >= 4 is 5.91 Å². The maximum Gasteiger partial charge on any atom is 0.435 e. The van der Waals surface area contributed by atoms with Gasteiger partial charge in [-0.15, -0.1) is 0 Å². The Morgan fingerprint density at radius 3 is 2.54 bits per heavy atom. The Balaban J connectivity index is 1.77. The van der Waals surface area contributed by atoms with Crippen LogP contribution in [0.4, 0.5) is 13.2 Å². The molecule has 1 aromatic carbocycles. The first-order valence-electron chi connectivity index (χ1n) is 8.17. The first-order valence-corrected chi connectivity index (χ1v) is 8.17. The quantitative estimate of drug-likeness (QED) is 0.866. The summed E-state index contributed by atoms with van der Waals surface area (Å²) in [4.78, 5) is 14.3. The largest absolute Gasteiger partial charge is 0.435 e. The predicted molar refractivity (Wildman–Crippen MR) is 87.7 cm³/mol. The Morgan fingerprint density at radius 2 is 1.96 bits per heavy atom. The highest BCUT2D eigenvalue weighted by Crippen LogP contribution is 2.28. The minimum atomic E-state index is -4.52. The maximum atomic E-state index is 12.7. The molecule has 1 saturated heterocycles. The van der Waals surface area contributed by atoms with Crippen molar-refractivity contribution in [2.75, 3.05) is 19.6 Å². The van der Waals surface area contributed by atoms with E-state index in [4.69, 9.17) is 5.73 Å². The molecule has 0 atom stereocenters. The molecule has 26 heavy (non-hydrogen) atoms. The van der Waals surface area contributed by atoms with E-state index in [0.29, 0.717) is 37.2 Å². The van der Waals surface area contributed by atoms with Gasteiger partial charge >= 0.3 is 6.18 Å². The first-order chi connectivity index (χ1) is 12.2. The molecule has 0 spiro atoms. The average molecular weight is 368 g/mol. The van der Waals surface area contributed by atoms with E-state index in [0.717, 1.165) is 10.7 Å². The number of carbonyl (C=O) groups excluding carboxylic acids is 1. The van der Waals surface area contributed by atoms with Gasteiger partial charge in [0.2, 0.25) is 0 Å². The van der Waals surface area contributed by atoms with Crippen molar-refractivity contribution in [3.63, 3.8) is 0 Å². The van der Waals surface area contributed by atoms with Gasteiger partial charge in [-0.05, 0) is 37.1 Å². The summed E-state index contributed by atoms with van der Waals surface area (Å²) in [6.45, 7) is 0.888. The van der Waals surface area contributed by atoms with E-state index in [2.05, 4.69) is 5.10 Å². The molecule has 0 saturated carbocycles. The smallest absolute Gasteiger partial charge is 0.388 e. The van der Waals surface area contributed by atoms with Gasteiger partial charge < -0.3 is 15.7 Å². The summed E-state index contributed by atoms with van der Waals surface area (Å²) >= 11 is 0. The highest BCUT2D eigenvalue weighted by atomic mass is 19.4. The van der Waals surface area contributed by atoms with Crippen LogP contribution in [0.25, 0.3) is 5.69 Å². The number of likely N-dealkylation sites (tertiary alicyclic amines) is 1. The number of aromatic nitrogens is 2. The predicted octanol–water partition coefficient (Wildman–Crippen LogP) is 1.82. The molecule has 0 bridgehead atoms. The average Bonchev–Trinajstić information content (AvgIpc) is 3.13. The van der Waals surface area contributed by atoms with Gasteiger partial charge in [-0.1, -0.05) is 6.07 Å². The Bertz CT molecular complexity index is 795. The van der Waals surface area contributed by atoms with Crippen LogP contribution in [-0.4, -0.2) is 50.9 Å². The Labute approximate surface area is 148 Å². The van der Waals surface area contributed by atoms with Gasteiger partial charge in [0, 0.05) is 31.4 Å². The highest BCUT2D eigenvalue weighted by Gasteiger charge is 2.34. The van der Waals surface area contributed by atoms with E-state index < -0.39 is 17.5 Å². The SMILES string of the molecule is NCC1(O)CCN(C(=O)c2cccc(-n3ccc(C(F)(F)F)n3)c2)CC1. The molecule has 1 aliphatic heterocycles. The second kappa shape index (κ2) is 6.73. The van der Waals surface area contributed by atoms with Crippen molar-refractivity contribution in [1.82, 2.24) is 14.7 Å². The number of nitrogens with two attached hydrogens (primary N) is 1. The summed E-state index contributed by atoms with van der Waals surface area (Å²) in [5.41, 5.74) is 4.32. The summed E-state index contributed by atoms with van der Waals surface area (Å²) in [5.74, 6) is -0.242. The van der Waals surface area contributed by atoms with Crippen LogP contribution in [0.5, 0.6) is 0 Å². The van der Waals surface area contributed by atoms with Crippen LogP contribution in [0.1, 0.15) is 28.9 Å². The summed E-state index contributed by atoms with van der Waals surface area (Å²) in [7, 11) is 0. The molecular formula is C17H19F3N4O2. The third-order valence-corrected chi connectivity index (χ3v) is 4.60. The lowest BCUT2D eigenvalue weighted by atomic mass is 9.91. The Kier molecular flexibility index (Phi) is 4.76. The van der Waals surface area contributed by atoms with Gasteiger partial charge in [-0.25, -0.2) is 4.68 Å². The third kappa shape index (κ3) is 3.73. The van der Waals surface area contributed by atoms with Crippen molar-refractivity contribution in [2.24, 2.45) is 5.73 Å². The lowest BCUT2D eigenvalue weighted by Gasteiger charge is -2.37. The summed E-state index contributed by atoms with van der Waals surface area (Å²) in [5, 5.41) is 13.7. The number of carbonyl (C=O) groups is 1. The zero-order valence-corrected chi connectivity index (χ0v) is 13.9. The fourth-order valence-electron chi connectivity index (χ4n) is 2.91. The van der Waals surface area contributed by atoms with E-state index in [9.17, 15) is 23.1 Å². The molecule has 0 radical (unpaired) electrons. The Morgan fingerprint density at radius 1 is 1.27 bits per heavy atom. The van der Waals surface area contributed by atoms with Gasteiger partial charge in [-0.2, -0.15) is 18.3 Å². The number of aliphatic hydroxyl groups is 1. The van der Waals surface area contributed by atoms with Crippen molar-refractivity contribution in [2.45, 2.75) is 24.6 Å². The minimum Gasteiger partial charge on any atom is -0.388 e. The fourth-order valence-corrected chi connectivity index (χ4v) is 2.91. The lowest BCUT2D eigenvalue weighted by molar-refractivity contribution is -0.141. The third-order valence-electron chi connectivity index (χ3n) is 4.60. The molecule has 3 N–H and O–H groups in total. The normalized spacial score (nSPS) is 17.3. The van der Waals surface area contributed by atoms with E-state index >= 15 is 0 Å². The van der Waals surface area contributed by atoms with Gasteiger partial charge in [0.15, 0.2) is 5.69 Å². The standard InChI is InChI=1S/C17H19F3N4O2/c18-17(19,20)14-4-7-24(22-14)13-3-1-2-12(10-13)15(25)23-8-5-16(26,11-21)6-9-23/h1-4,7,10,26H,5-6,8-9,11,21H2. The number of alkyl halides is 3. The van der Waals surface area contributed by atoms with Crippen molar-refractivity contribution < 1.29 is 23.1 Å². The number of hydrogen-bond acceptors (Lipinski definition) is 4. The van der Waals surface area contributed by atoms with Crippen LogP contribution < -0.4 is 5.73 Å². The maximum absolute atomic E-state index is 12.7. The molecule has 1 fully saturated rings. The molecule has 2 heterocycles. The van der Waals surface area contributed by atoms with E-state index in [-0.39, 0.29) is 12.5 Å². The molecular weight excluding hydrogens is 349 g/mol. The molecule has 9 heteroatoms. The van der Waals surface area contributed by atoms with Gasteiger partial charge in [-0.3, -0.25) is 4.79 Å². The molecule has 2 aromatic rings. The van der Waals surface area contributed by atoms with Crippen LogP contribution in [0.3, 0.4) is 0 Å². The van der Waals surface area contributed by atoms with E-state index in [1.807, 2.05) is 0 Å². The monoisotopic (exact) mass is 368 g/mol. The summed E-state index contributed by atoms with van der Waals surface area (Å²) in [6, 6.07) is 7.15. The zero-order valence-electron chi connectivity index (χ0n) is 13.9. The molecule has 1 aliphatic rings. The number of nitrogens with zero attached hydrogens (tertiary/aromatic N) is 3. The van der Waals surface area contributed by atoms with Crippen LogP contribution in [0.2, 0.25) is 0 Å². The van der Waals surface area contributed by atoms with E-state index in [1.54, 1.807) is 23.1 Å². The van der Waals surface area contributed by atoms with Crippen molar-refractivity contribution in [3.8, 4) is 5.69 Å². The Hall–Kier alpha value is -2.39. The second-order valence-corrected chi connectivity index (χ2v) is 6.41. The molecule has 1 aromatic heterocycles. The topological polar surface area (TPSA) is 84.4 Å². The van der Waals surface area contributed by atoms with Crippen molar-refractivity contribution in [3.05, 3.63) is 47.8 Å². The number of piperidine rings is 1. The first kappa shape index (κ1) is 18.4. The molecule has 3 rings (SSSR count). The van der Waals surface area contributed by atoms with Crippen LogP contribution in [0, 0.1) is 0 Å². The zero-order chi connectivity index (χ0) is 18.9. The minimum absolute atomic E-state index is 0.144. The number of amides is 1. The number of benzene rings is 1. The molecule has 140 valence electrons. The number of hydrogen-bond donors (Lipinski definition) is 2. The van der Waals surface area contributed by atoms with Crippen LogP contribution >= 0.6 is 0 Å². The lowest BCUT2D eigenvalue weighted by Crippen LogP contribution is -2.50. The second-order valence-electron chi connectivity index (χ2n) is 6.41. The molecule has 1 amide bonds. The van der Waals surface area contributed by atoms with Crippen LogP contribution in [0.15, 0.2) is 36.5 Å². The molecule has 0 aliphatic carbocycles. The van der Waals surface area contributed by atoms with Gasteiger partial charge in [0.05, 0.1) is 11.3 Å². The molecule has 6 nitrogen and oxygen atoms in total. The summed E-state index contributed by atoms with van der Waals surface area (Å²) in [6.07, 6.45) is -2.53. The number of halogens is 3. The van der Waals surface area contributed by atoms with Gasteiger partial charge in [0.25, 0.3) is 5.91 Å². The fraction of sp³-hybridized carbons (Fsp3) is 0.412. The van der Waals surface area contributed by atoms with Gasteiger partial charge in [0.1, 0.15) is 0 Å². The number of rotatable bonds is 3. The van der Waals surface area contributed by atoms with E-state index in [1.165, 1.54) is 12.3 Å². The molecule has 0 unspecified atom stereocenters. The van der Waals surface area contributed by atoms with Crippen LogP contribution in [-0.2, 0) is 6.18 Å². The highest BCUT2D eigenvalue weighted by molar-refractivity contribution is 5.94. The van der Waals surface area contributed by atoms with Crippen molar-refractivity contribution in [1.29, 1.82) is 0 Å². The summed E-state index contributed by atoms with van der Waals surface area (Å²) < 4.78 is 39.2.